The van der Waals surface area contributed by atoms with Gasteiger partial charge in [-0.15, -0.1) is 11.3 Å². The maximum atomic E-state index is 12.8. The summed E-state index contributed by atoms with van der Waals surface area (Å²) in [7, 11) is 3.46. The van der Waals surface area contributed by atoms with Crippen molar-refractivity contribution in [2.45, 2.75) is 19.9 Å². The third-order valence-corrected chi connectivity index (χ3v) is 5.38. The van der Waals surface area contributed by atoms with Gasteiger partial charge in [0.1, 0.15) is 5.01 Å². The zero-order valence-corrected chi connectivity index (χ0v) is 16.1. The Hall–Kier alpha value is -2.51. The Labute approximate surface area is 156 Å². The minimum atomic E-state index is -0.270. The molecule has 2 heterocycles. The molecule has 0 spiro atoms. The van der Waals surface area contributed by atoms with Gasteiger partial charge in [0.2, 0.25) is 0 Å². The number of thiazole rings is 1. The first-order valence-corrected chi connectivity index (χ1v) is 9.13. The van der Waals surface area contributed by atoms with Gasteiger partial charge in [0.15, 0.2) is 0 Å². The average Bonchev–Trinajstić information content (AvgIpc) is 3.20. The first-order chi connectivity index (χ1) is 12.5. The highest BCUT2D eigenvalue weighted by Gasteiger charge is 2.19. The highest BCUT2D eigenvalue weighted by Crippen LogP contribution is 2.28. The number of ether oxygens (including phenoxy) is 1. The van der Waals surface area contributed by atoms with Crippen molar-refractivity contribution in [3.8, 4) is 10.6 Å². The predicted octanol–water partition coefficient (Wildman–Crippen LogP) is 3.28. The van der Waals surface area contributed by atoms with Crippen molar-refractivity contribution >= 4 is 17.2 Å². The van der Waals surface area contributed by atoms with Crippen molar-refractivity contribution < 1.29 is 9.53 Å². The summed E-state index contributed by atoms with van der Waals surface area (Å²) in [4.78, 5) is 18.5. The molecular formula is C19H22N4O2S. The minimum absolute atomic E-state index is 0.153. The number of aromatic nitrogens is 3. The van der Waals surface area contributed by atoms with E-state index in [2.05, 4.69) is 22.3 Å². The van der Waals surface area contributed by atoms with Crippen molar-refractivity contribution in [1.82, 2.24) is 20.1 Å². The monoisotopic (exact) mass is 370 g/mol. The maximum Gasteiger partial charge on any atom is 0.251 e. The normalized spacial score (nSPS) is 12.2. The van der Waals surface area contributed by atoms with E-state index in [1.54, 1.807) is 35.4 Å². The molecule has 1 N–H and O–H groups in total. The number of nitrogens with zero attached hydrogens (tertiary/aromatic N) is 3. The Bertz CT molecular complexity index is 896. The maximum absolute atomic E-state index is 12.8. The van der Waals surface area contributed by atoms with Crippen molar-refractivity contribution in [3.63, 3.8) is 0 Å². The summed E-state index contributed by atoms with van der Waals surface area (Å²) in [6.07, 6.45) is 1.71. The third kappa shape index (κ3) is 3.84. The molecule has 136 valence electrons. The lowest BCUT2D eigenvalue weighted by molar-refractivity contribution is 0.0892. The van der Waals surface area contributed by atoms with Gasteiger partial charge in [-0.05, 0) is 32.0 Å². The van der Waals surface area contributed by atoms with Gasteiger partial charge in [-0.3, -0.25) is 9.48 Å². The SMILES string of the molecule is COCC(NC(=O)c1cccc(-c2nc(C)c(C)s2)c1)c1ccnn1C. The van der Waals surface area contributed by atoms with Gasteiger partial charge in [0.25, 0.3) is 5.91 Å². The molecule has 1 aromatic carbocycles. The number of methoxy groups -OCH3 is 1. The van der Waals surface area contributed by atoms with Gasteiger partial charge < -0.3 is 10.1 Å². The minimum Gasteiger partial charge on any atom is -0.382 e. The van der Waals surface area contributed by atoms with Crippen molar-refractivity contribution in [3.05, 3.63) is 58.4 Å². The van der Waals surface area contributed by atoms with Crippen LogP contribution in [0, 0.1) is 13.8 Å². The van der Waals surface area contributed by atoms with Crippen molar-refractivity contribution in [1.29, 1.82) is 0 Å². The van der Waals surface area contributed by atoms with Gasteiger partial charge in [-0.1, -0.05) is 12.1 Å². The van der Waals surface area contributed by atoms with Crippen LogP contribution in [0.2, 0.25) is 0 Å². The summed E-state index contributed by atoms with van der Waals surface area (Å²) in [6, 6.07) is 9.14. The Morgan fingerprint density at radius 1 is 1.35 bits per heavy atom. The first kappa shape index (κ1) is 18.3. The molecule has 1 unspecified atom stereocenters. The Morgan fingerprint density at radius 3 is 2.77 bits per heavy atom. The van der Waals surface area contributed by atoms with Crippen LogP contribution < -0.4 is 5.32 Å². The van der Waals surface area contributed by atoms with E-state index >= 15 is 0 Å². The lowest BCUT2D eigenvalue weighted by Crippen LogP contribution is -2.32. The molecule has 3 rings (SSSR count). The molecule has 0 bridgehead atoms. The van der Waals surface area contributed by atoms with Gasteiger partial charge in [-0.2, -0.15) is 5.10 Å². The summed E-state index contributed by atoms with van der Waals surface area (Å²) in [6.45, 7) is 4.42. The van der Waals surface area contributed by atoms with Crippen LogP contribution in [0.1, 0.15) is 32.7 Å². The fourth-order valence-corrected chi connectivity index (χ4v) is 3.64. The van der Waals surface area contributed by atoms with E-state index in [0.29, 0.717) is 12.2 Å². The molecule has 0 radical (unpaired) electrons. The van der Waals surface area contributed by atoms with E-state index in [0.717, 1.165) is 22.0 Å². The molecule has 0 aliphatic heterocycles. The molecule has 0 saturated carbocycles. The molecule has 0 saturated heterocycles. The van der Waals surface area contributed by atoms with Crippen LogP contribution in [-0.2, 0) is 11.8 Å². The largest absolute Gasteiger partial charge is 0.382 e. The Morgan fingerprint density at radius 2 is 2.15 bits per heavy atom. The van der Waals surface area contributed by atoms with Crippen LogP contribution in [0.25, 0.3) is 10.6 Å². The van der Waals surface area contributed by atoms with Gasteiger partial charge in [-0.25, -0.2) is 4.98 Å². The van der Waals surface area contributed by atoms with Crippen LogP contribution >= 0.6 is 11.3 Å². The highest BCUT2D eigenvalue weighted by molar-refractivity contribution is 7.15. The average molecular weight is 370 g/mol. The van der Waals surface area contributed by atoms with Crippen LogP contribution in [-0.4, -0.2) is 34.4 Å². The van der Waals surface area contributed by atoms with Crippen molar-refractivity contribution in [2.24, 2.45) is 7.05 Å². The second kappa shape index (κ2) is 7.80. The first-order valence-electron chi connectivity index (χ1n) is 8.31. The summed E-state index contributed by atoms with van der Waals surface area (Å²) in [5.41, 5.74) is 3.46. The summed E-state index contributed by atoms with van der Waals surface area (Å²) in [5.74, 6) is -0.153. The van der Waals surface area contributed by atoms with Gasteiger partial charge in [0, 0.05) is 36.4 Å². The second-order valence-electron chi connectivity index (χ2n) is 6.10. The second-order valence-corrected chi connectivity index (χ2v) is 7.31. The number of benzene rings is 1. The smallest absolute Gasteiger partial charge is 0.251 e. The zero-order chi connectivity index (χ0) is 18.7. The quantitative estimate of drug-likeness (QED) is 0.723. The number of hydrogen-bond acceptors (Lipinski definition) is 5. The van der Waals surface area contributed by atoms with Gasteiger partial charge >= 0.3 is 0 Å². The topological polar surface area (TPSA) is 69.0 Å². The van der Waals surface area contributed by atoms with E-state index in [-0.39, 0.29) is 11.9 Å². The molecule has 7 heteroatoms. The number of carbonyl (C=O) groups is 1. The molecule has 0 aliphatic carbocycles. The number of nitrogens with one attached hydrogen (secondary N) is 1. The molecule has 1 atom stereocenters. The molecule has 2 aromatic heterocycles. The fraction of sp³-hybridized carbons (Fsp3) is 0.316. The predicted molar refractivity (Wildman–Crippen MR) is 102 cm³/mol. The van der Waals surface area contributed by atoms with Crippen LogP contribution in [0.15, 0.2) is 36.5 Å². The molecule has 0 fully saturated rings. The van der Waals surface area contributed by atoms with E-state index < -0.39 is 0 Å². The summed E-state index contributed by atoms with van der Waals surface area (Å²) >= 11 is 1.64. The van der Waals surface area contributed by atoms with E-state index in [1.807, 2.05) is 38.2 Å². The number of carbonyl (C=O) groups excluding carboxylic acids is 1. The van der Waals surface area contributed by atoms with Crippen LogP contribution in [0.5, 0.6) is 0 Å². The Balaban J connectivity index is 1.83. The number of amides is 1. The van der Waals surface area contributed by atoms with E-state index in [4.69, 9.17) is 4.74 Å². The standard InChI is InChI=1S/C19H22N4O2S/c1-12-13(2)26-19(21-12)15-7-5-6-14(10-15)18(24)22-16(11-25-4)17-8-9-20-23(17)3/h5-10,16H,11H2,1-4H3,(H,22,24). The Kier molecular flexibility index (Phi) is 5.49. The summed E-state index contributed by atoms with van der Waals surface area (Å²) < 4.78 is 7.00. The fourth-order valence-electron chi connectivity index (χ4n) is 2.72. The van der Waals surface area contributed by atoms with Crippen LogP contribution in [0.3, 0.4) is 0 Å². The molecule has 6 nitrogen and oxygen atoms in total. The molecule has 1 amide bonds. The summed E-state index contributed by atoms with van der Waals surface area (Å²) in [5, 5.41) is 8.12. The molecular weight excluding hydrogens is 348 g/mol. The third-order valence-electron chi connectivity index (χ3n) is 4.25. The van der Waals surface area contributed by atoms with E-state index in [1.165, 1.54) is 4.88 Å². The number of rotatable bonds is 6. The van der Waals surface area contributed by atoms with E-state index in [9.17, 15) is 4.79 Å². The zero-order valence-electron chi connectivity index (χ0n) is 15.3. The van der Waals surface area contributed by atoms with Gasteiger partial charge in [0.05, 0.1) is 24.0 Å². The number of hydrogen-bond donors (Lipinski definition) is 1. The lowest BCUT2D eigenvalue weighted by Gasteiger charge is -2.18. The molecule has 3 aromatic rings. The molecule has 0 aliphatic rings. The van der Waals surface area contributed by atoms with Crippen molar-refractivity contribution in [2.75, 3.05) is 13.7 Å². The number of aryl methyl sites for hydroxylation is 3. The molecule has 26 heavy (non-hydrogen) atoms. The highest BCUT2D eigenvalue weighted by atomic mass is 32.1. The lowest BCUT2D eigenvalue weighted by atomic mass is 10.1. The van der Waals surface area contributed by atoms with Crippen LogP contribution in [0.4, 0.5) is 0 Å².